The van der Waals surface area contributed by atoms with Crippen molar-refractivity contribution in [1.29, 1.82) is 0 Å². The first-order valence-corrected chi connectivity index (χ1v) is 10.3. The van der Waals surface area contributed by atoms with Crippen molar-refractivity contribution in [3.8, 4) is 0 Å². The van der Waals surface area contributed by atoms with Crippen molar-refractivity contribution in [2.24, 2.45) is 0 Å². The van der Waals surface area contributed by atoms with Crippen LogP contribution in [0.4, 0.5) is 10.5 Å². The molecule has 3 amide bonds. The van der Waals surface area contributed by atoms with E-state index in [1.165, 1.54) is 4.90 Å². The molecule has 30 heavy (non-hydrogen) atoms. The Morgan fingerprint density at radius 3 is 2.77 bits per heavy atom. The number of H-pyrrole nitrogens is 1. The molecule has 0 radical (unpaired) electrons. The highest BCUT2D eigenvalue weighted by Gasteiger charge is 2.27. The summed E-state index contributed by atoms with van der Waals surface area (Å²) in [5.41, 5.74) is 4.11. The Bertz CT molecular complexity index is 1060. The van der Waals surface area contributed by atoms with Crippen LogP contribution in [-0.2, 0) is 0 Å². The van der Waals surface area contributed by atoms with Crippen LogP contribution in [-0.4, -0.2) is 58.9 Å². The molecule has 0 unspecified atom stereocenters. The van der Waals surface area contributed by atoms with Crippen molar-refractivity contribution in [3.63, 3.8) is 0 Å². The lowest BCUT2D eigenvalue weighted by atomic mass is 9.97. The minimum atomic E-state index is -0.145. The second-order valence-corrected chi connectivity index (χ2v) is 8.08. The fraction of sp³-hybridized carbons (Fsp3) is 0.348. The number of fused-ring (bicyclic) bond motifs is 1. The Morgan fingerprint density at radius 1 is 1.20 bits per heavy atom. The summed E-state index contributed by atoms with van der Waals surface area (Å²) >= 11 is 0. The number of hydrogen-bond acceptors (Lipinski definition) is 3. The molecular weight excluding hydrogens is 378 g/mol. The second kappa shape index (κ2) is 8.18. The Balaban J connectivity index is 1.48. The van der Waals surface area contributed by atoms with Crippen LogP contribution in [0.25, 0.3) is 11.0 Å². The number of para-hydroxylation sites is 2. The normalized spacial score (nSPS) is 16.5. The summed E-state index contributed by atoms with van der Waals surface area (Å²) in [7, 11) is 3.43. The average Bonchev–Trinajstić information content (AvgIpc) is 3.19. The lowest BCUT2D eigenvalue weighted by molar-refractivity contribution is 0.0827. The zero-order valence-corrected chi connectivity index (χ0v) is 17.6. The number of likely N-dealkylation sites (tertiary alicyclic amines) is 1. The number of hydrogen-bond donors (Lipinski definition) is 2. The van der Waals surface area contributed by atoms with Crippen molar-refractivity contribution >= 4 is 28.7 Å². The molecule has 4 rings (SSSR count). The lowest BCUT2D eigenvalue weighted by Crippen LogP contribution is -2.42. The molecule has 7 heteroatoms. The van der Waals surface area contributed by atoms with E-state index >= 15 is 0 Å². The maximum absolute atomic E-state index is 13.0. The average molecular weight is 406 g/mol. The van der Waals surface area contributed by atoms with Gasteiger partial charge >= 0.3 is 6.03 Å². The van der Waals surface area contributed by atoms with E-state index < -0.39 is 0 Å². The van der Waals surface area contributed by atoms with E-state index in [4.69, 9.17) is 4.98 Å². The van der Waals surface area contributed by atoms with E-state index in [-0.39, 0.29) is 17.9 Å². The summed E-state index contributed by atoms with van der Waals surface area (Å²) in [4.78, 5) is 36.7. The Labute approximate surface area is 176 Å². The number of benzene rings is 2. The first kappa shape index (κ1) is 19.9. The summed E-state index contributed by atoms with van der Waals surface area (Å²) in [5.74, 6) is 1.02. The highest BCUT2D eigenvalue weighted by atomic mass is 16.2. The topological polar surface area (TPSA) is 81.3 Å². The summed E-state index contributed by atoms with van der Waals surface area (Å²) < 4.78 is 0. The molecule has 7 nitrogen and oxygen atoms in total. The number of carbonyl (C=O) groups excluding carboxylic acids is 2. The third-order valence-electron chi connectivity index (χ3n) is 5.64. The summed E-state index contributed by atoms with van der Waals surface area (Å²) in [6.07, 6.45) is 1.92. The predicted octanol–water partition coefficient (Wildman–Crippen LogP) is 3.98. The van der Waals surface area contributed by atoms with Crippen LogP contribution in [0.5, 0.6) is 0 Å². The number of aromatic nitrogens is 2. The number of amides is 3. The maximum atomic E-state index is 13.0. The number of carbonyl (C=O) groups is 2. The Kier molecular flexibility index (Phi) is 5.44. The predicted molar refractivity (Wildman–Crippen MR) is 118 cm³/mol. The highest BCUT2D eigenvalue weighted by Crippen LogP contribution is 2.27. The molecule has 1 saturated heterocycles. The van der Waals surface area contributed by atoms with Gasteiger partial charge in [0.05, 0.1) is 11.0 Å². The summed E-state index contributed by atoms with van der Waals surface area (Å²) in [6.45, 7) is 3.24. The van der Waals surface area contributed by atoms with Crippen LogP contribution in [0.15, 0.2) is 42.5 Å². The van der Waals surface area contributed by atoms with Gasteiger partial charge in [0, 0.05) is 44.4 Å². The number of urea groups is 1. The van der Waals surface area contributed by atoms with Crippen LogP contribution in [0.2, 0.25) is 0 Å². The van der Waals surface area contributed by atoms with Gasteiger partial charge in [0.15, 0.2) is 0 Å². The van der Waals surface area contributed by atoms with E-state index in [0.717, 1.165) is 35.3 Å². The Morgan fingerprint density at radius 2 is 2.00 bits per heavy atom. The molecule has 156 valence electrons. The van der Waals surface area contributed by atoms with E-state index in [2.05, 4.69) is 10.3 Å². The lowest BCUT2D eigenvalue weighted by Gasteiger charge is -2.32. The number of nitrogens with one attached hydrogen (secondary N) is 2. The van der Waals surface area contributed by atoms with Crippen LogP contribution in [0.3, 0.4) is 0 Å². The third-order valence-corrected chi connectivity index (χ3v) is 5.64. The molecule has 1 aliphatic heterocycles. The van der Waals surface area contributed by atoms with Crippen molar-refractivity contribution in [3.05, 3.63) is 59.4 Å². The van der Waals surface area contributed by atoms with Gasteiger partial charge in [0.25, 0.3) is 5.91 Å². The van der Waals surface area contributed by atoms with Crippen molar-refractivity contribution < 1.29 is 9.59 Å². The molecule has 0 aliphatic carbocycles. The SMILES string of the molecule is Cc1ccc(C(=O)N(C)C)cc1NC(=O)N1CCC[C@H](c2nc3ccccc3[nH]2)C1. The van der Waals surface area contributed by atoms with Gasteiger partial charge in [-0.3, -0.25) is 4.79 Å². The van der Waals surface area contributed by atoms with E-state index in [1.54, 1.807) is 26.2 Å². The van der Waals surface area contributed by atoms with Gasteiger partial charge in [-0.25, -0.2) is 9.78 Å². The van der Waals surface area contributed by atoms with E-state index in [1.807, 2.05) is 42.2 Å². The molecule has 3 aromatic rings. The minimum absolute atomic E-state index is 0.0894. The van der Waals surface area contributed by atoms with Crippen LogP contribution in [0, 0.1) is 6.92 Å². The fourth-order valence-corrected chi connectivity index (χ4v) is 3.89. The van der Waals surface area contributed by atoms with Crippen molar-refractivity contribution in [1.82, 2.24) is 19.8 Å². The van der Waals surface area contributed by atoms with Crippen molar-refractivity contribution in [2.75, 3.05) is 32.5 Å². The third kappa shape index (κ3) is 4.01. The van der Waals surface area contributed by atoms with E-state index in [0.29, 0.717) is 24.3 Å². The van der Waals surface area contributed by atoms with Gasteiger partial charge in [-0.1, -0.05) is 18.2 Å². The highest BCUT2D eigenvalue weighted by molar-refractivity contribution is 5.97. The number of anilines is 1. The summed E-state index contributed by atoms with van der Waals surface area (Å²) in [5, 5.41) is 3.00. The number of aryl methyl sites for hydroxylation is 1. The number of piperidine rings is 1. The zero-order chi connectivity index (χ0) is 21.3. The smallest absolute Gasteiger partial charge is 0.321 e. The molecule has 2 N–H and O–H groups in total. The summed E-state index contributed by atoms with van der Waals surface area (Å²) in [6, 6.07) is 13.2. The number of rotatable bonds is 3. The molecule has 0 spiro atoms. The fourth-order valence-electron chi connectivity index (χ4n) is 3.89. The number of nitrogens with zero attached hydrogens (tertiary/aromatic N) is 3. The van der Waals surface area contributed by atoms with Crippen LogP contribution < -0.4 is 5.32 Å². The standard InChI is InChI=1S/C23H27N5O2/c1-15-10-11-16(22(29)27(2)3)13-20(15)26-23(30)28-12-6-7-17(14-28)21-24-18-8-4-5-9-19(18)25-21/h4-5,8-11,13,17H,6-7,12,14H2,1-3H3,(H,24,25)(H,26,30)/t17-/m0/s1. The molecule has 1 atom stereocenters. The molecule has 1 fully saturated rings. The van der Waals surface area contributed by atoms with Crippen LogP contribution >= 0.6 is 0 Å². The molecule has 0 saturated carbocycles. The van der Waals surface area contributed by atoms with Crippen molar-refractivity contribution in [2.45, 2.75) is 25.7 Å². The monoisotopic (exact) mass is 405 g/mol. The number of imidazole rings is 1. The molecule has 1 aliphatic rings. The molecule has 2 aromatic carbocycles. The molecule has 2 heterocycles. The van der Waals surface area contributed by atoms with Crippen LogP contribution in [0.1, 0.15) is 40.5 Å². The van der Waals surface area contributed by atoms with Gasteiger partial charge in [-0.05, 0) is 49.6 Å². The van der Waals surface area contributed by atoms with Gasteiger partial charge in [0.1, 0.15) is 5.82 Å². The zero-order valence-electron chi connectivity index (χ0n) is 17.6. The first-order valence-electron chi connectivity index (χ1n) is 10.3. The molecule has 0 bridgehead atoms. The quantitative estimate of drug-likeness (QED) is 0.691. The Hall–Kier alpha value is -3.35. The first-order chi connectivity index (χ1) is 14.4. The van der Waals surface area contributed by atoms with Gasteiger partial charge < -0.3 is 20.1 Å². The van der Waals surface area contributed by atoms with Gasteiger partial charge in [-0.2, -0.15) is 0 Å². The molecule has 1 aromatic heterocycles. The second-order valence-electron chi connectivity index (χ2n) is 8.08. The van der Waals surface area contributed by atoms with Gasteiger partial charge in [0.2, 0.25) is 0 Å². The number of aromatic amines is 1. The van der Waals surface area contributed by atoms with Gasteiger partial charge in [-0.15, -0.1) is 0 Å². The molecular formula is C23H27N5O2. The largest absolute Gasteiger partial charge is 0.345 e. The maximum Gasteiger partial charge on any atom is 0.321 e. The minimum Gasteiger partial charge on any atom is -0.345 e. The van der Waals surface area contributed by atoms with E-state index in [9.17, 15) is 9.59 Å².